The molecule has 0 saturated carbocycles. The molecule has 0 aromatic heterocycles. The number of hydrogen-bond donors (Lipinski definition) is 0. The molecular weight excluding hydrogens is 637 g/mol. The molecule has 4 unspecified atom stereocenters. The highest BCUT2D eigenvalue weighted by molar-refractivity contribution is 7.00. The summed E-state index contributed by atoms with van der Waals surface area (Å²) >= 11 is 0. The van der Waals surface area contributed by atoms with Crippen LogP contribution in [0, 0.1) is 0 Å². The zero-order valence-electron chi connectivity index (χ0n) is 30.7. The fraction of sp³-hybridized carbons (Fsp3) is 1.00. The molecule has 0 bridgehead atoms. The van der Waals surface area contributed by atoms with Crippen molar-refractivity contribution in [2.75, 3.05) is 52.4 Å². The molecule has 6 rings (SSSR count). The maximum absolute atomic E-state index is 2.98. The van der Waals surface area contributed by atoms with Crippen LogP contribution in [0.4, 0.5) is 0 Å². The van der Waals surface area contributed by atoms with Crippen LogP contribution in [0.15, 0.2) is 0 Å². The molecule has 0 amide bonds. The zero-order chi connectivity index (χ0) is 31.5. The fourth-order valence-corrected chi connectivity index (χ4v) is 31.3. The van der Waals surface area contributed by atoms with Gasteiger partial charge in [0.15, 0.2) is 25.9 Å². The molecule has 0 aromatic rings. The molecule has 0 aromatic carbocycles. The molecule has 6 nitrogen and oxygen atoms in total. The Morgan fingerprint density at radius 3 is 0.818 bits per heavy atom. The van der Waals surface area contributed by atoms with Crippen LogP contribution < -0.4 is 0 Å². The van der Waals surface area contributed by atoms with Crippen LogP contribution in [0.25, 0.3) is 0 Å². The van der Waals surface area contributed by atoms with Crippen molar-refractivity contribution < 1.29 is 0 Å². The van der Waals surface area contributed by atoms with Crippen LogP contribution in [0.1, 0.15) is 130 Å². The maximum Gasteiger partial charge on any atom is 0.165 e. The standard InChI is InChI=1S/C14H32N2Si2.C10H24N2Si2.C8H20N2Si2/c1-11-7-5-8-12(2)15(11)18(17)16-13(3)9-6-10-14(16)4;13-14(11-7-3-1-4-8-11)12-9-5-2-6-10-12;11-12(9-5-1-2-6-9)10-7-3-4-8-10/h11-14,18H,5-10H2,1-4,17H3;14H,1-10H2,13H3;12H,1-8H2,11H3. The summed E-state index contributed by atoms with van der Waals surface area (Å²) in [7, 11) is 2.49. The first kappa shape index (κ1) is 37.9. The Kier molecular flexibility index (Phi) is 17.1. The molecule has 6 saturated heterocycles. The van der Waals surface area contributed by atoms with Gasteiger partial charge in [0, 0.05) is 53.4 Å². The van der Waals surface area contributed by atoms with E-state index in [0.29, 0.717) is 0 Å². The molecule has 0 N–H and O–H groups in total. The second-order valence-corrected chi connectivity index (χ2v) is 32.9. The van der Waals surface area contributed by atoms with Crippen molar-refractivity contribution in [3.8, 4) is 0 Å². The van der Waals surface area contributed by atoms with Crippen LogP contribution >= 0.6 is 0 Å². The monoisotopic (exact) mass is 712 g/mol. The largest absolute Gasteiger partial charge is 0.317 e. The number of piperidine rings is 4. The summed E-state index contributed by atoms with van der Waals surface area (Å²) in [5.41, 5.74) is 0. The van der Waals surface area contributed by atoms with Gasteiger partial charge < -0.3 is 27.4 Å². The number of hydrogen-bond acceptors (Lipinski definition) is 6. The van der Waals surface area contributed by atoms with Crippen LogP contribution in [-0.4, -0.2) is 159 Å². The molecule has 6 heterocycles. The van der Waals surface area contributed by atoms with Gasteiger partial charge in [0.2, 0.25) is 0 Å². The normalized spacial score (nSPS) is 33.4. The molecule has 6 aliphatic heterocycles. The zero-order valence-corrected chi connectivity index (χ0v) is 40.2. The lowest BCUT2D eigenvalue weighted by atomic mass is 10.0. The lowest BCUT2D eigenvalue weighted by molar-refractivity contribution is 0.144. The molecule has 6 aliphatic rings. The van der Waals surface area contributed by atoms with E-state index < -0.39 is 25.9 Å². The van der Waals surface area contributed by atoms with E-state index in [1.54, 1.807) is 0 Å². The number of rotatable bonds is 6. The van der Waals surface area contributed by atoms with Crippen molar-refractivity contribution in [1.82, 2.24) is 27.4 Å². The van der Waals surface area contributed by atoms with Crippen molar-refractivity contribution in [2.24, 2.45) is 0 Å². The van der Waals surface area contributed by atoms with Crippen molar-refractivity contribution in [3.63, 3.8) is 0 Å². The van der Waals surface area contributed by atoms with Gasteiger partial charge in [-0.2, -0.15) is 0 Å². The highest BCUT2D eigenvalue weighted by Gasteiger charge is 2.37. The van der Waals surface area contributed by atoms with Crippen LogP contribution in [0.5, 0.6) is 0 Å². The second-order valence-electron chi connectivity index (χ2n) is 15.7. The molecule has 0 aliphatic carbocycles. The van der Waals surface area contributed by atoms with E-state index in [9.17, 15) is 0 Å². The van der Waals surface area contributed by atoms with E-state index in [1.165, 1.54) is 184 Å². The minimum Gasteiger partial charge on any atom is -0.317 e. The third-order valence-corrected chi connectivity index (χ3v) is 35.0. The Morgan fingerprint density at radius 2 is 0.568 bits per heavy atom. The summed E-state index contributed by atoms with van der Waals surface area (Å²) in [5, 5.41) is 0. The Bertz CT molecular complexity index is 698. The van der Waals surface area contributed by atoms with Crippen LogP contribution in [0.2, 0.25) is 0 Å². The van der Waals surface area contributed by atoms with Gasteiger partial charge in [-0.1, -0.05) is 53.4 Å². The van der Waals surface area contributed by atoms with Crippen LogP contribution in [-0.2, 0) is 0 Å². The van der Waals surface area contributed by atoms with Gasteiger partial charge >= 0.3 is 0 Å². The van der Waals surface area contributed by atoms with Gasteiger partial charge in [0.05, 0.1) is 0 Å². The summed E-state index contributed by atoms with van der Waals surface area (Å²) in [6.45, 7) is 21.3. The number of nitrogens with zero attached hydrogens (tertiary/aromatic N) is 6. The first-order chi connectivity index (χ1) is 21.3. The van der Waals surface area contributed by atoms with Crippen molar-refractivity contribution >= 4 is 55.2 Å². The average molecular weight is 714 g/mol. The molecule has 44 heavy (non-hydrogen) atoms. The summed E-state index contributed by atoms with van der Waals surface area (Å²) in [4.78, 5) is 0. The molecule has 6 fully saturated rings. The first-order valence-corrected chi connectivity index (χ1v) is 36.7. The highest BCUT2D eigenvalue weighted by atomic mass is 29.2. The second kappa shape index (κ2) is 19.9. The first-order valence-electron chi connectivity index (χ1n) is 19.8. The minimum absolute atomic E-state index is 0.502. The van der Waals surface area contributed by atoms with Crippen LogP contribution in [0.3, 0.4) is 0 Å². The predicted molar refractivity (Wildman–Crippen MR) is 213 cm³/mol. The lowest BCUT2D eigenvalue weighted by Gasteiger charge is -2.51. The molecule has 4 atom stereocenters. The molecule has 12 heteroatoms. The summed E-state index contributed by atoms with van der Waals surface area (Å²) in [6, 6.07) is 3.40. The van der Waals surface area contributed by atoms with Crippen molar-refractivity contribution in [3.05, 3.63) is 0 Å². The van der Waals surface area contributed by atoms with Gasteiger partial charge in [-0.3, -0.25) is 0 Å². The van der Waals surface area contributed by atoms with Gasteiger partial charge in [-0.15, -0.1) is 0 Å². The average Bonchev–Trinajstić information content (AvgIpc) is 3.78. The lowest BCUT2D eigenvalue weighted by Crippen LogP contribution is -2.65. The molecule has 0 radical (unpaired) electrons. The molecule has 0 spiro atoms. The molecule has 258 valence electrons. The smallest absolute Gasteiger partial charge is 0.165 e. The van der Waals surface area contributed by atoms with Gasteiger partial charge in [-0.25, -0.2) is 0 Å². The van der Waals surface area contributed by atoms with E-state index in [-0.39, 0.29) is 0 Å². The predicted octanol–water partition coefficient (Wildman–Crippen LogP) is 0.896. The Balaban J connectivity index is 0.000000154. The Labute approximate surface area is 288 Å². The third kappa shape index (κ3) is 11.0. The van der Waals surface area contributed by atoms with E-state index in [0.717, 1.165) is 24.2 Å². The van der Waals surface area contributed by atoms with E-state index in [1.807, 2.05) is 0 Å². The summed E-state index contributed by atoms with van der Waals surface area (Å²) in [6.07, 6.45) is 23.4. The topological polar surface area (TPSA) is 19.4 Å². The van der Waals surface area contributed by atoms with Gasteiger partial charge in [-0.05, 0) is 129 Å². The summed E-state index contributed by atoms with van der Waals surface area (Å²) in [5.74, 6) is 0. The Hall–Kier alpha value is 1.06. The van der Waals surface area contributed by atoms with Gasteiger partial charge in [0.1, 0.15) is 0 Å². The van der Waals surface area contributed by atoms with Crippen molar-refractivity contribution in [2.45, 2.75) is 155 Å². The Morgan fingerprint density at radius 1 is 0.341 bits per heavy atom. The van der Waals surface area contributed by atoms with E-state index in [4.69, 9.17) is 0 Å². The van der Waals surface area contributed by atoms with E-state index in [2.05, 4.69) is 55.1 Å². The van der Waals surface area contributed by atoms with Crippen molar-refractivity contribution in [1.29, 1.82) is 0 Å². The quantitative estimate of drug-likeness (QED) is 0.379. The summed E-state index contributed by atoms with van der Waals surface area (Å²) < 4.78 is 17.4. The SMILES string of the molecule is CC1CCCC(C)N1[SiH]([SiH3])N1C(C)CCCC1C.[SiH3][SiH](N1CCCC1)N1CCCC1.[SiH3][SiH](N1CCCCC1)N1CCCCC1. The fourth-order valence-electron chi connectivity index (χ4n) is 9.79. The highest BCUT2D eigenvalue weighted by Crippen LogP contribution is 2.29. The van der Waals surface area contributed by atoms with Gasteiger partial charge in [0.25, 0.3) is 0 Å². The maximum atomic E-state index is 2.98. The third-order valence-electron chi connectivity index (χ3n) is 12.6. The minimum atomic E-state index is -0.791. The van der Waals surface area contributed by atoms with E-state index >= 15 is 0 Å². The molecular formula is C32H76N6Si6.